The lowest BCUT2D eigenvalue weighted by atomic mass is 10.1. The number of hydrogen-bond acceptors (Lipinski definition) is 3. The summed E-state index contributed by atoms with van der Waals surface area (Å²) in [4.78, 5) is 4.44. The van der Waals surface area contributed by atoms with Crippen LogP contribution < -0.4 is 5.73 Å². The van der Waals surface area contributed by atoms with Crippen LogP contribution in [0.15, 0.2) is 4.42 Å². The van der Waals surface area contributed by atoms with E-state index in [1.807, 2.05) is 27.7 Å². The number of oxazole rings is 1. The molecule has 1 heterocycles. The standard InChI is InChI=1S/C12H15ClN2O/c1-5(2)12-15-10-7(4)8(13)6(3)9(14)11(10)16-12/h5H,14H2,1-4H3. The van der Waals surface area contributed by atoms with Gasteiger partial charge in [-0.05, 0) is 25.0 Å². The minimum absolute atomic E-state index is 0.241. The normalized spacial score (nSPS) is 11.6. The van der Waals surface area contributed by atoms with Crippen LogP contribution in [0.3, 0.4) is 0 Å². The average molecular weight is 239 g/mol. The number of anilines is 1. The Hall–Kier alpha value is -1.22. The van der Waals surface area contributed by atoms with Gasteiger partial charge in [0.25, 0.3) is 0 Å². The molecule has 0 saturated carbocycles. The van der Waals surface area contributed by atoms with E-state index in [-0.39, 0.29) is 5.92 Å². The summed E-state index contributed by atoms with van der Waals surface area (Å²) in [5.74, 6) is 0.941. The van der Waals surface area contributed by atoms with Crippen molar-refractivity contribution in [1.82, 2.24) is 4.98 Å². The molecule has 0 unspecified atom stereocenters. The molecule has 0 spiro atoms. The number of nitrogen functional groups attached to an aromatic ring is 1. The monoisotopic (exact) mass is 238 g/mol. The van der Waals surface area contributed by atoms with Crippen LogP contribution in [0.25, 0.3) is 11.1 Å². The molecule has 0 amide bonds. The van der Waals surface area contributed by atoms with E-state index >= 15 is 0 Å². The van der Waals surface area contributed by atoms with Crippen LogP contribution in [0.2, 0.25) is 5.02 Å². The maximum atomic E-state index is 6.19. The van der Waals surface area contributed by atoms with E-state index in [1.165, 1.54) is 0 Å². The molecule has 4 heteroatoms. The highest BCUT2D eigenvalue weighted by molar-refractivity contribution is 6.33. The fraction of sp³-hybridized carbons (Fsp3) is 0.417. The molecule has 0 bridgehead atoms. The van der Waals surface area contributed by atoms with Gasteiger partial charge >= 0.3 is 0 Å². The minimum atomic E-state index is 0.241. The first-order valence-electron chi connectivity index (χ1n) is 5.28. The zero-order chi connectivity index (χ0) is 12.0. The van der Waals surface area contributed by atoms with Crippen LogP contribution in [-0.2, 0) is 0 Å². The van der Waals surface area contributed by atoms with Gasteiger partial charge in [-0.25, -0.2) is 4.98 Å². The second-order valence-corrected chi connectivity index (χ2v) is 4.74. The number of fused-ring (bicyclic) bond motifs is 1. The van der Waals surface area contributed by atoms with Crippen molar-refractivity contribution in [2.75, 3.05) is 5.73 Å². The zero-order valence-electron chi connectivity index (χ0n) is 9.89. The molecule has 0 radical (unpaired) electrons. The summed E-state index contributed by atoms with van der Waals surface area (Å²) in [7, 11) is 0. The molecule has 0 atom stereocenters. The van der Waals surface area contributed by atoms with Crippen LogP contribution in [0, 0.1) is 13.8 Å². The molecule has 1 aromatic carbocycles. The Kier molecular flexibility index (Phi) is 2.58. The van der Waals surface area contributed by atoms with Crippen molar-refractivity contribution in [3.05, 3.63) is 22.0 Å². The molecule has 3 nitrogen and oxygen atoms in total. The zero-order valence-corrected chi connectivity index (χ0v) is 10.6. The van der Waals surface area contributed by atoms with Crippen LogP contribution in [0.1, 0.15) is 36.8 Å². The maximum Gasteiger partial charge on any atom is 0.198 e. The molecule has 86 valence electrons. The SMILES string of the molecule is Cc1c(Cl)c(C)c2nc(C(C)C)oc2c1N. The Morgan fingerprint density at radius 2 is 1.88 bits per heavy atom. The number of aryl methyl sites for hydroxylation is 1. The molecule has 2 aromatic rings. The van der Waals surface area contributed by atoms with Crippen molar-refractivity contribution >= 4 is 28.4 Å². The van der Waals surface area contributed by atoms with Gasteiger partial charge in [0.05, 0.1) is 10.7 Å². The summed E-state index contributed by atoms with van der Waals surface area (Å²) in [6.07, 6.45) is 0. The predicted octanol–water partition coefficient (Wildman–Crippen LogP) is 3.80. The van der Waals surface area contributed by atoms with Crippen LogP contribution in [0.4, 0.5) is 5.69 Å². The highest BCUT2D eigenvalue weighted by Gasteiger charge is 2.18. The van der Waals surface area contributed by atoms with Crippen molar-refractivity contribution in [3.8, 4) is 0 Å². The van der Waals surface area contributed by atoms with Crippen molar-refractivity contribution in [2.24, 2.45) is 0 Å². The molecule has 1 aromatic heterocycles. The largest absolute Gasteiger partial charge is 0.438 e. The third-order valence-corrected chi connectivity index (χ3v) is 3.37. The van der Waals surface area contributed by atoms with E-state index in [4.69, 9.17) is 21.8 Å². The fourth-order valence-corrected chi connectivity index (χ4v) is 1.89. The molecule has 0 saturated heterocycles. The first-order chi connectivity index (χ1) is 7.43. The number of nitrogens with zero attached hydrogens (tertiary/aromatic N) is 1. The molecule has 2 rings (SSSR count). The highest BCUT2D eigenvalue weighted by atomic mass is 35.5. The van der Waals surface area contributed by atoms with Gasteiger partial charge in [-0.2, -0.15) is 0 Å². The quantitative estimate of drug-likeness (QED) is 0.769. The summed E-state index contributed by atoms with van der Waals surface area (Å²) in [5.41, 5.74) is 9.79. The first-order valence-corrected chi connectivity index (χ1v) is 5.65. The van der Waals surface area contributed by atoms with E-state index in [1.54, 1.807) is 0 Å². The Labute approximate surface area is 99.6 Å². The molecule has 0 aliphatic carbocycles. The van der Waals surface area contributed by atoms with Crippen molar-refractivity contribution in [2.45, 2.75) is 33.6 Å². The molecule has 0 aliphatic rings. The lowest BCUT2D eigenvalue weighted by Crippen LogP contribution is -1.93. The fourth-order valence-electron chi connectivity index (χ4n) is 1.69. The minimum Gasteiger partial charge on any atom is -0.438 e. The number of hydrogen-bond donors (Lipinski definition) is 1. The van der Waals surface area contributed by atoms with Gasteiger partial charge in [-0.3, -0.25) is 0 Å². The van der Waals surface area contributed by atoms with Crippen LogP contribution >= 0.6 is 11.6 Å². The van der Waals surface area contributed by atoms with Gasteiger partial charge in [0, 0.05) is 5.92 Å². The second kappa shape index (κ2) is 3.67. The van der Waals surface area contributed by atoms with Crippen LogP contribution in [0.5, 0.6) is 0 Å². The van der Waals surface area contributed by atoms with E-state index in [0.717, 1.165) is 16.6 Å². The average Bonchev–Trinajstić information content (AvgIpc) is 2.68. The molecule has 0 fully saturated rings. The summed E-state index contributed by atoms with van der Waals surface area (Å²) in [6.45, 7) is 7.89. The molecular weight excluding hydrogens is 224 g/mol. The highest BCUT2D eigenvalue weighted by Crippen LogP contribution is 2.36. The smallest absolute Gasteiger partial charge is 0.198 e. The van der Waals surface area contributed by atoms with Crippen molar-refractivity contribution < 1.29 is 4.42 Å². The second-order valence-electron chi connectivity index (χ2n) is 4.36. The Bertz CT molecular complexity index is 513. The summed E-state index contributed by atoms with van der Waals surface area (Å²) < 4.78 is 5.68. The van der Waals surface area contributed by atoms with E-state index in [2.05, 4.69) is 4.98 Å². The number of rotatable bonds is 1. The Morgan fingerprint density at radius 3 is 2.44 bits per heavy atom. The molecule has 16 heavy (non-hydrogen) atoms. The van der Waals surface area contributed by atoms with Gasteiger partial charge in [-0.15, -0.1) is 0 Å². The number of benzene rings is 1. The lowest BCUT2D eigenvalue weighted by molar-refractivity contribution is 0.502. The van der Waals surface area contributed by atoms with Gasteiger partial charge in [0.15, 0.2) is 11.5 Å². The van der Waals surface area contributed by atoms with Crippen LogP contribution in [-0.4, -0.2) is 4.98 Å². The van der Waals surface area contributed by atoms with E-state index in [9.17, 15) is 0 Å². The Morgan fingerprint density at radius 1 is 1.25 bits per heavy atom. The van der Waals surface area contributed by atoms with E-state index in [0.29, 0.717) is 22.2 Å². The number of nitrogens with two attached hydrogens (primary N) is 1. The van der Waals surface area contributed by atoms with E-state index < -0.39 is 0 Å². The number of halogens is 1. The molecular formula is C12H15ClN2O. The first kappa shape index (κ1) is 11.3. The summed E-state index contributed by atoms with van der Waals surface area (Å²) in [6, 6.07) is 0. The van der Waals surface area contributed by atoms with Gasteiger partial charge < -0.3 is 10.2 Å². The third-order valence-electron chi connectivity index (χ3n) is 2.80. The van der Waals surface area contributed by atoms with Gasteiger partial charge in [-0.1, -0.05) is 25.4 Å². The predicted molar refractivity (Wildman–Crippen MR) is 67.0 cm³/mol. The summed E-state index contributed by atoms with van der Waals surface area (Å²) >= 11 is 6.19. The molecule has 0 aliphatic heterocycles. The maximum absolute atomic E-state index is 6.19. The Balaban J connectivity index is 2.86. The van der Waals surface area contributed by atoms with Crippen molar-refractivity contribution in [1.29, 1.82) is 0 Å². The van der Waals surface area contributed by atoms with Gasteiger partial charge in [0.2, 0.25) is 0 Å². The summed E-state index contributed by atoms with van der Waals surface area (Å²) in [5, 5.41) is 0.675. The molecule has 2 N–H and O–H groups in total. The number of aromatic nitrogens is 1. The third kappa shape index (κ3) is 1.47. The topological polar surface area (TPSA) is 52.0 Å². The van der Waals surface area contributed by atoms with Gasteiger partial charge in [0.1, 0.15) is 5.52 Å². The van der Waals surface area contributed by atoms with Crippen molar-refractivity contribution in [3.63, 3.8) is 0 Å². The lowest BCUT2D eigenvalue weighted by Gasteiger charge is -2.05.